The average Bonchev–Trinajstić information content (AvgIpc) is 2.20. The monoisotopic (exact) mass is 276 g/mol. The van der Waals surface area contributed by atoms with E-state index >= 15 is 0 Å². The maximum Gasteiger partial charge on any atom is 0.195 e. The maximum absolute atomic E-state index is 13.1. The molecule has 1 rings (SSSR count). The molecule has 1 aromatic rings. The summed E-state index contributed by atoms with van der Waals surface area (Å²) in [5.41, 5.74) is 0.341. The SMILES string of the molecule is CC(CC=O)c1cc(Br)c(F)c(O)c1O. The van der Waals surface area contributed by atoms with Gasteiger partial charge in [0.15, 0.2) is 17.3 Å². The molecule has 0 aliphatic carbocycles. The van der Waals surface area contributed by atoms with E-state index in [-0.39, 0.29) is 16.8 Å². The lowest BCUT2D eigenvalue weighted by molar-refractivity contribution is -0.108. The van der Waals surface area contributed by atoms with E-state index in [1.54, 1.807) is 6.92 Å². The van der Waals surface area contributed by atoms with Gasteiger partial charge in [-0.3, -0.25) is 0 Å². The third kappa shape index (κ3) is 2.28. The zero-order valence-corrected chi connectivity index (χ0v) is 9.58. The summed E-state index contributed by atoms with van der Waals surface area (Å²) < 4.78 is 13.2. The van der Waals surface area contributed by atoms with Gasteiger partial charge in [0.25, 0.3) is 0 Å². The Labute approximate surface area is 94.7 Å². The second-order valence-corrected chi connectivity index (χ2v) is 4.12. The van der Waals surface area contributed by atoms with Crippen molar-refractivity contribution in [1.82, 2.24) is 0 Å². The first kappa shape index (κ1) is 12.0. The maximum atomic E-state index is 13.1. The summed E-state index contributed by atoms with van der Waals surface area (Å²) in [7, 11) is 0. The van der Waals surface area contributed by atoms with Crippen LogP contribution < -0.4 is 0 Å². The Hall–Kier alpha value is -1.10. The van der Waals surface area contributed by atoms with Crippen molar-refractivity contribution >= 4 is 22.2 Å². The zero-order chi connectivity index (χ0) is 11.6. The van der Waals surface area contributed by atoms with E-state index in [2.05, 4.69) is 15.9 Å². The zero-order valence-electron chi connectivity index (χ0n) is 8.00. The van der Waals surface area contributed by atoms with E-state index in [1.807, 2.05) is 0 Å². The summed E-state index contributed by atoms with van der Waals surface area (Å²) in [4.78, 5) is 10.3. The molecule has 0 radical (unpaired) electrons. The number of halogens is 2. The first-order chi connectivity index (χ1) is 6.99. The fraction of sp³-hybridized carbons (Fsp3) is 0.300. The van der Waals surface area contributed by atoms with Gasteiger partial charge in [0, 0.05) is 12.0 Å². The fourth-order valence-corrected chi connectivity index (χ4v) is 1.70. The van der Waals surface area contributed by atoms with Crippen LogP contribution in [0.3, 0.4) is 0 Å². The van der Waals surface area contributed by atoms with Gasteiger partial charge in [0.05, 0.1) is 4.47 Å². The molecule has 15 heavy (non-hydrogen) atoms. The summed E-state index contributed by atoms with van der Waals surface area (Å²) in [5, 5.41) is 18.7. The van der Waals surface area contributed by atoms with E-state index < -0.39 is 17.3 Å². The Morgan fingerprint density at radius 2 is 2.13 bits per heavy atom. The molecule has 0 heterocycles. The first-order valence-electron chi connectivity index (χ1n) is 4.32. The minimum absolute atomic E-state index is 0.0607. The predicted molar refractivity (Wildman–Crippen MR) is 56.5 cm³/mol. The van der Waals surface area contributed by atoms with Crippen LogP contribution in [0.4, 0.5) is 4.39 Å². The Kier molecular flexibility index (Phi) is 3.68. The second kappa shape index (κ2) is 4.61. The molecule has 1 unspecified atom stereocenters. The van der Waals surface area contributed by atoms with Crippen LogP contribution in [0.1, 0.15) is 24.8 Å². The Bertz CT molecular complexity index is 393. The molecule has 0 spiro atoms. The summed E-state index contributed by atoms with van der Waals surface area (Å²) in [6.45, 7) is 1.70. The molecule has 0 saturated heterocycles. The molecule has 0 saturated carbocycles. The molecule has 2 N–H and O–H groups in total. The smallest absolute Gasteiger partial charge is 0.195 e. The minimum Gasteiger partial charge on any atom is -0.504 e. The van der Waals surface area contributed by atoms with Crippen molar-refractivity contribution in [2.24, 2.45) is 0 Å². The summed E-state index contributed by atoms with van der Waals surface area (Å²) in [6.07, 6.45) is 0.906. The van der Waals surface area contributed by atoms with Gasteiger partial charge in [0.1, 0.15) is 6.29 Å². The number of carbonyl (C=O) groups excluding carboxylic acids is 1. The van der Waals surface area contributed by atoms with E-state index in [9.17, 15) is 19.4 Å². The fourth-order valence-electron chi connectivity index (χ4n) is 1.27. The van der Waals surface area contributed by atoms with E-state index in [4.69, 9.17) is 0 Å². The molecule has 0 aromatic heterocycles. The quantitative estimate of drug-likeness (QED) is 0.659. The first-order valence-corrected chi connectivity index (χ1v) is 5.11. The normalized spacial score (nSPS) is 12.5. The van der Waals surface area contributed by atoms with Crippen LogP contribution in [0.5, 0.6) is 11.5 Å². The largest absolute Gasteiger partial charge is 0.504 e. The van der Waals surface area contributed by atoms with Crippen LogP contribution in [0.2, 0.25) is 0 Å². The molecule has 3 nitrogen and oxygen atoms in total. The molecule has 1 atom stereocenters. The van der Waals surface area contributed by atoms with Gasteiger partial charge in [-0.15, -0.1) is 0 Å². The minimum atomic E-state index is -0.908. The number of carbonyl (C=O) groups is 1. The molecular weight excluding hydrogens is 267 g/mol. The van der Waals surface area contributed by atoms with E-state index in [0.29, 0.717) is 11.8 Å². The predicted octanol–water partition coefficient (Wildman–Crippen LogP) is 2.69. The van der Waals surface area contributed by atoms with E-state index in [0.717, 1.165) is 0 Å². The highest BCUT2D eigenvalue weighted by Gasteiger charge is 2.19. The van der Waals surface area contributed by atoms with Gasteiger partial charge < -0.3 is 15.0 Å². The number of aldehydes is 1. The summed E-state index contributed by atoms with van der Waals surface area (Å²) in [5.74, 6) is -2.48. The Morgan fingerprint density at radius 1 is 1.53 bits per heavy atom. The van der Waals surface area contributed by atoms with Crippen LogP contribution >= 0.6 is 15.9 Å². The van der Waals surface area contributed by atoms with Crippen LogP contribution in [-0.4, -0.2) is 16.5 Å². The molecule has 1 aromatic carbocycles. The number of hydrogen-bond acceptors (Lipinski definition) is 3. The third-order valence-corrected chi connectivity index (χ3v) is 2.76. The van der Waals surface area contributed by atoms with Crippen LogP contribution in [-0.2, 0) is 4.79 Å². The molecule has 0 bridgehead atoms. The molecular formula is C10H10BrFO3. The number of phenolic OH excluding ortho intramolecular Hbond substituents is 2. The number of benzene rings is 1. The van der Waals surface area contributed by atoms with Crippen molar-refractivity contribution in [2.45, 2.75) is 19.3 Å². The van der Waals surface area contributed by atoms with Crippen LogP contribution in [0.15, 0.2) is 10.5 Å². The van der Waals surface area contributed by atoms with Crippen LogP contribution in [0.25, 0.3) is 0 Å². The van der Waals surface area contributed by atoms with Gasteiger partial charge in [0.2, 0.25) is 0 Å². The molecule has 82 valence electrons. The van der Waals surface area contributed by atoms with Gasteiger partial charge in [-0.1, -0.05) is 6.92 Å². The van der Waals surface area contributed by atoms with Crippen molar-refractivity contribution in [2.75, 3.05) is 0 Å². The van der Waals surface area contributed by atoms with Crippen molar-refractivity contribution in [3.05, 3.63) is 21.9 Å². The van der Waals surface area contributed by atoms with Crippen molar-refractivity contribution < 1.29 is 19.4 Å². The van der Waals surface area contributed by atoms with E-state index in [1.165, 1.54) is 6.07 Å². The lowest BCUT2D eigenvalue weighted by atomic mass is 9.97. The molecule has 0 aliphatic heterocycles. The summed E-state index contributed by atoms with van der Waals surface area (Å²) in [6, 6.07) is 1.36. The lowest BCUT2D eigenvalue weighted by Crippen LogP contribution is -1.97. The highest BCUT2D eigenvalue weighted by molar-refractivity contribution is 9.10. The topological polar surface area (TPSA) is 57.5 Å². The number of rotatable bonds is 3. The number of hydrogen-bond donors (Lipinski definition) is 2. The highest BCUT2D eigenvalue weighted by Crippen LogP contribution is 2.40. The van der Waals surface area contributed by atoms with Gasteiger partial charge in [-0.05, 0) is 27.9 Å². The molecule has 0 fully saturated rings. The molecule has 0 amide bonds. The van der Waals surface area contributed by atoms with Crippen molar-refractivity contribution in [3.8, 4) is 11.5 Å². The number of aromatic hydroxyl groups is 2. The Balaban J connectivity index is 3.25. The standard InChI is InChI=1S/C10H10BrFO3/c1-5(2-3-13)6-4-7(11)8(12)10(15)9(6)14/h3-5,14-15H,2H2,1H3. The Morgan fingerprint density at radius 3 is 2.67 bits per heavy atom. The number of phenols is 2. The highest BCUT2D eigenvalue weighted by atomic mass is 79.9. The lowest BCUT2D eigenvalue weighted by Gasteiger charge is -2.13. The molecule has 5 heteroatoms. The summed E-state index contributed by atoms with van der Waals surface area (Å²) >= 11 is 2.92. The second-order valence-electron chi connectivity index (χ2n) is 3.26. The third-order valence-electron chi connectivity index (χ3n) is 2.18. The van der Waals surface area contributed by atoms with Crippen molar-refractivity contribution in [3.63, 3.8) is 0 Å². The average molecular weight is 277 g/mol. The van der Waals surface area contributed by atoms with Crippen LogP contribution in [0, 0.1) is 5.82 Å². The van der Waals surface area contributed by atoms with Gasteiger partial charge in [-0.2, -0.15) is 0 Å². The van der Waals surface area contributed by atoms with Crippen molar-refractivity contribution in [1.29, 1.82) is 0 Å². The molecule has 0 aliphatic rings. The van der Waals surface area contributed by atoms with Gasteiger partial charge >= 0.3 is 0 Å². The van der Waals surface area contributed by atoms with Gasteiger partial charge in [-0.25, -0.2) is 4.39 Å².